The van der Waals surface area contributed by atoms with E-state index >= 15 is 0 Å². The van der Waals surface area contributed by atoms with E-state index in [1.165, 1.54) is 12.1 Å². The highest BCUT2D eigenvalue weighted by atomic mass is 79.9. The van der Waals surface area contributed by atoms with Crippen molar-refractivity contribution in [1.82, 2.24) is 5.32 Å². The van der Waals surface area contributed by atoms with Crippen LogP contribution in [0.4, 0.5) is 5.69 Å². The van der Waals surface area contributed by atoms with Crippen LogP contribution in [0.5, 0.6) is 0 Å². The number of rotatable bonds is 3. The highest BCUT2D eigenvalue weighted by Crippen LogP contribution is 2.26. The summed E-state index contributed by atoms with van der Waals surface area (Å²) in [4.78, 5) is 2.39. The largest absolute Gasteiger partial charge is 0.367 e. The molecule has 1 heterocycles. The van der Waals surface area contributed by atoms with Gasteiger partial charge in [0.1, 0.15) is 6.07 Å². The number of nitriles is 1. The number of hydrogen-bond acceptors (Lipinski definition) is 3. The highest BCUT2D eigenvalue weighted by molar-refractivity contribution is 9.10. The van der Waals surface area contributed by atoms with E-state index in [1.807, 2.05) is 18.2 Å². The topological polar surface area (TPSA) is 39.1 Å². The third kappa shape index (κ3) is 2.62. The van der Waals surface area contributed by atoms with Crippen LogP contribution >= 0.6 is 15.9 Å². The van der Waals surface area contributed by atoms with Gasteiger partial charge in [0, 0.05) is 29.3 Å². The van der Waals surface area contributed by atoms with E-state index in [-0.39, 0.29) is 0 Å². The Bertz CT molecular complexity index is 433. The minimum atomic E-state index is 0.569. The van der Waals surface area contributed by atoms with Crippen molar-refractivity contribution in [3.05, 3.63) is 28.2 Å². The van der Waals surface area contributed by atoms with Crippen molar-refractivity contribution in [1.29, 1.82) is 5.26 Å². The quantitative estimate of drug-likeness (QED) is 0.931. The lowest BCUT2D eigenvalue weighted by Crippen LogP contribution is -2.36. The maximum Gasteiger partial charge on any atom is 0.100 e. The molecule has 0 aromatic heterocycles. The van der Waals surface area contributed by atoms with Gasteiger partial charge in [0.2, 0.25) is 0 Å². The molecule has 4 heteroatoms. The normalized spacial score (nSPS) is 19.0. The Hall–Kier alpha value is -1.05. The summed E-state index contributed by atoms with van der Waals surface area (Å²) >= 11 is 3.45. The second-order valence-electron chi connectivity index (χ2n) is 4.21. The van der Waals surface area contributed by atoms with Crippen LogP contribution in [0, 0.1) is 11.3 Å². The van der Waals surface area contributed by atoms with E-state index in [0.717, 1.165) is 24.1 Å². The summed E-state index contributed by atoms with van der Waals surface area (Å²) in [6.07, 6.45) is 1.19. The summed E-state index contributed by atoms with van der Waals surface area (Å²) in [6.45, 7) is 5.30. The Morgan fingerprint density at radius 1 is 1.59 bits per heavy atom. The van der Waals surface area contributed by atoms with Gasteiger partial charge in [-0.05, 0) is 54.0 Å². The molecule has 2 rings (SSSR count). The SMILES string of the molecule is CCN(c1ccc(C#N)c(Br)c1)C1CCNC1. The Balaban J connectivity index is 2.25. The molecule has 1 aromatic carbocycles. The molecule has 0 radical (unpaired) electrons. The molecule has 90 valence electrons. The molecule has 1 aromatic rings. The van der Waals surface area contributed by atoms with Gasteiger partial charge < -0.3 is 10.2 Å². The van der Waals surface area contributed by atoms with E-state index in [2.05, 4.69) is 39.1 Å². The van der Waals surface area contributed by atoms with Crippen molar-refractivity contribution in [2.75, 3.05) is 24.5 Å². The first-order valence-corrected chi connectivity index (χ1v) is 6.72. The van der Waals surface area contributed by atoms with Crippen molar-refractivity contribution in [3.63, 3.8) is 0 Å². The smallest absolute Gasteiger partial charge is 0.100 e. The summed E-state index contributed by atoms with van der Waals surface area (Å²) in [5.41, 5.74) is 1.88. The Labute approximate surface area is 111 Å². The fourth-order valence-electron chi connectivity index (χ4n) is 2.33. The summed E-state index contributed by atoms with van der Waals surface area (Å²) in [7, 11) is 0. The predicted octanol–water partition coefficient (Wildman–Crippen LogP) is 2.51. The second kappa shape index (κ2) is 5.52. The maximum absolute atomic E-state index is 8.91. The number of nitrogens with one attached hydrogen (secondary N) is 1. The molecule has 17 heavy (non-hydrogen) atoms. The van der Waals surface area contributed by atoms with Gasteiger partial charge in [-0.25, -0.2) is 0 Å². The fraction of sp³-hybridized carbons (Fsp3) is 0.462. The highest BCUT2D eigenvalue weighted by Gasteiger charge is 2.21. The molecule has 0 amide bonds. The lowest BCUT2D eigenvalue weighted by molar-refractivity contribution is 0.648. The van der Waals surface area contributed by atoms with Gasteiger partial charge >= 0.3 is 0 Å². The molecular weight excluding hydrogens is 278 g/mol. The van der Waals surface area contributed by atoms with Crippen LogP contribution in [0.1, 0.15) is 18.9 Å². The van der Waals surface area contributed by atoms with Crippen LogP contribution in [0.25, 0.3) is 0 Å². The van der Waals surface area contributed by atoms with Gasteiger partial charge in [0.25, 0.3) is 0 Å². The summed E-state index contributed by atoms with van der Waals surface area (Å²) in [5.74, 6) is 0. The third-order valence-electron chi connectivity index (χ3n) is 3.22. The Morgan fingerprint density at radius 2 is 2.41 bits per heavy atom. The van der Waals surface area contributed by atoms with Gasteiger partial charge in [-0.15, -0.1) is 0 Å². The molecular formula is C13H16BrN3. The minimum Gasteiger partial charge on any atom is -0.367 e. The zero-order valence-corrected chi connectivity index (χ0v) is 11.5. The molecule has 1 unspecified atom stereocenters. The van der Waals surface area contributed by atoms with E-state index in [4.69, 9.17) is 5.26 Å². The molecule has 1 atom stereocenters. The molecule has 0 bridgehead atoms. The van der Waals surface area contributed by atoms with Crippen molar-refractivity contribution >= 4 is 21.6 Å². The third-order valence-corrected chi connectivity index (χ3v) is 3.88. The summed E-state index contributed by atoms with van der Waals surface area (Å²) in [6, 6.07) is 8.69. The Morgan fingerprint density at radius 3 is 2.94 bits per heavy atom. The van der Waals surface area contributed by atoms with Crippen molar-refractivity contribution in [2.45, 2.75) is 19.4 Å². The van der Waals surface area contributed by atoms with Crippen molar-refractivity contribution < 1.29 is 0 Å². The standard InChI is InChI=1S/C13H16BrN3/c1-2-17(12-5-6-16-9-12)11-4-3-10(8-15)13(14)7-11/h3-4,7,12,16H,2,5-6,9H2,1H3. The van der Waals surface area contributed by atoms with E-state index in [1.54, 1.807) is 0 Å². The van der Waals surface area contributed by atoms with Crippen LogP contribution in [0.2, 0.25) is 0 Å². The second-order valence-corrected chi connectivity index (χ2v) is 5.06. The molecule has 1 saturated heterocycles. The predicted molar refractivity (Wildman–Crippen MR) is 73.2 cm³/mol. The number of nitrogens with zero attached hydrogens (tertiary/aromatic N) is 2. The van der Waals surface area contributed by atoms with Crippen LogP contribution in [0.15, 0.2) is 22.7 Å². The number of benzene rings is 1. The van der Waals surface area contributed by atoms with Gasteiger partial charge in [0.05, 0.1) is 5.56 Å². The number of likely N-dealkylation sites (N-methyl/N-ethyl adjacent to an activating group) is 1. The van der Waals surface area contributed by atoms with E-state index in [0.29, 0.717) is 11.6 Å². The molecule has 1 fully saturated rings. The van der Waals surface area contributed by atoms with Crippen LogP contribution in [-0.2, 0) is 0 Å². The molecule has 1 N–H and O–H groups in total. The fourth-order valence-corrected chi connectivity index (χ4v) is 2.79. The first-order valence-electron chi connectivity index (χ1n) is 5.93. The van der Waals surface area contributed by atoms with Gasteiger partial charge in [-0.2, -0.15) is 5.26 Å². The van der Waals surface area contributed by atoms with Crippen LogP contribution in [-0.4, -0.2) is 25.7 Å². The number of hydrogen-bond donors (Lipinski definition) is 1. The van der Waals surface area contributed by atoms with Crippen molar-refractivity contribution in [2.24, 2.45) is 0 Å². The lowest BCUT2D eigenvalue weighted by atomic mass is 10.1. The molecule has 1 aliphatic rings. The first kappa shape index (κ1) is 12.4. The van der Waals surface area contributed by atoms with Crippen LogP contribution in [0.3, 0.4) is 0 Å². The molecule has 1 aliphatic heterocycles. The molecule has 0 saturated carbocycles. The van der Waals surface area contributed by atoms with Crippen molar-refractivity contribution in [3.8, 4) is 6.07 Å². The summed E-state index contributed by atoms with van der Waals surface area (Å²) in [5, 5.41) is 12.3. The number of anilines is 1. The molecule has 0 spiro atoms. The van der Waals surface area contributed by atoms with Crippen LogP contribution < -0.4 is 10.2 Å². The maximum atomic E-state index is 8.91. The average Bonchev–Trinajstić information content (AvgIpc) is 2.84. The monoisotopic (exact) mass is 293 g/mol. The number of halogens is 1. The zero-order chi connectivity index (χ0) is 12.3. The Kier molecular flexibility index (Phi) is 4.03. The average molecular weight is 294 g/mol. The van der Waals surface area contributed by atoms with Gasteiger partial charge in [0.15, 0.2) is 0 Å². The lowest BCUT2D eigenvalue weighted by Gasteiger charge is -2.29. The molecule has 3 nitrogen and oxygen atoms in total. The van der Waals surface area contributed by atoms with E-state index in [9.17, 15) is 0 Å². The van der Waals surface area contributed by atoms with Gasteiger partial charge in [-0.1, -0.05) is 0 Å². The first-order chi connectivity index (χ1) is 8.26. The summed E-state index contributed by atoms with van der Waals surface area (Å²) < 4.78 is 0.877. The molecule has 0 aliphatic carbocycles. The zero-order valence-electron chi connectivity index (χ0n) is 9.91. The van der Waals surface area contributed by atoms with E-state index < -0.39 is 0 Å². The minimum absolute atomic E-state index is 0.569. The van der Waals surface area contributed by atoms with Gasteiger partial charge in [-0.3, -0.25) is 0 Å².